The smallest absolute Gasteiger partial charge is 0.266 e. The van der Waals surface area contributed by atoms with E-state index >= 15 is 0 Å². The van der Waals surface area contributed by atoms with Crippen LogP contribution in [0.5, 0.6) is 0 Å². The van der Waals surface area contributed by atoms with Crippen molar-refractivity contribution in [2.24, 2.45) is 0 Å². The monoisotopic (exact) mass is 671 g/mol. The first-order valence-electron chi connectivity index (χ1n) is 12.3. The van der Waals surface area contributed by atoms with E-state index in [1.54, 1.807) is 4.57 Å². The highest BCUT2D eigenvalue weighted by Crippen LogP contribution is 2.29. The van der Waals surface area contributed by atoms with Gasteiger partial charge in [0.25, 0.3) is 5.56 Å². The van der Waals surface area contributed by atoms with Crippen LogP contribution >= 0.6 is 38.5 Å². The standard InChI is InChI=1S/C32H23BrIN3O/c1-21-26(27-9-5-6-10-30(27)36(21)20-22-7-3-2-4-8-22)16-18-31-35-29-17-13-24(34)19-28(29)32(38)37(31)25-14-11-23(33)12-15-25/h2-19H,20H2,1H3/b18-16+. The first kappa shape index (κ1) is 24.8. The van der Waals surface area contributed by atoms with Gasteiger partial charge in [0.1, 0.15) is 5.82 Å². The molecule has 2 heterocycles. The molecule has 4 nitrogen and oxygen atoms in total. The van der Waals surface area contributed by atoms with Crippen LogP contribution in [0.2, 0.25) is 0 Å². The van der Waals surface area contributed by atoms with Gasteiger partial charge in [0.15, 0.2) is 0 Å². The van der Waals surface area contributed by atoms with Crippen molar-refractivity contribution in [1.29, 1.82) is 0 Å². The summed E-state index contributed by atoms with van der Waals surface area (Å²) in [5.41, 5.74) is 6.09. The fourth-order valence-electron chi connectivity index (χ4n) is 4.92. The second-order valence-electron chi connectivity index (χ2n) is 9.17. The minimum atomic E-state index is -0.0845. The summed E-state index contributed by atoms with van der Waals surface area (Å²) in [7, 11) is 0. The van der Waals surface area contributed by atoms with Gasteiger partial charge in [-0.3, -0.25) is 9.36 Å². The van der Waals surface area contributed by atoms with Gasteiger partial charge in [0, 0.05) is 36.7 Å². The highest BCUT2D eigenvalue weighted by Gasteiger charge is 2.15. The molecule has 0 aliphatic heterocycles. The van der Waals surface area contributed by atoms with Gasteiger partial charge in [-0.15, -0.1) is 0 Å². The normalized spacial score (nSPS) is 11.7. The molecule has 0 fully saturated rings. The summed E-state index contributed by atoms with van der Waals surface area (Å²) in [5.74, 6) is 0.588. The van der Waals surface area contributed by atoms with Gasteiger partial charge in [-0.05, 0) is 95.8 Å². The summed E-state index contributed by atoms with van der Waals surface area (Å²) in [5, 5.41) is 1.78. The first-order valence-corrected chi connectivity index (χ1v) is 14.1. The molecule has 6 heteroatoms. The van der Waals surface area contributed by atoms with Crippen molar-refractivity contribution in [3.05, 3.63) is 138 Å². The molecule has 38 heavy (non-hydrogen) atoms. The van der Waals surface area contributed by atoms with Crippen LogP contribution in [0, 0.1) is 10.5 Å². The highest BCUT2D eigenvalue weighted by atomic mass is 127. The Kier molecular flexibility index (Phi) is 6.76. The average molecular weight is 672 g/mol. The summed E-state index contributed by atoms with van der Waals surface area (Å²) < 4.78 is 6.00. The fourth-order valence-corrected chi connectivity index (χ4v) is 5.68. The van der Waals surface area contributed by atoms with Gasteiger partial charge >= 0.3 is 0 Å². The lowest BCUT2D eigenvalue weighted by Crippen LogP contribution is -2.22. The number of hydrogen-bond donors (Lipinski definition) is 0. The Morgan fingerprint density at radius 1 is 0.868 bits per heavy atom. The van der Waals surface area contributed by atoms with Gasteiger partial charge in [0.2, 0.25) is 0 Å². The lowest BCUT2D eigenvalue weighted by atomic mass is 10.1. The van der Waals surface area contributed by atoms with Crippen molar-refractivity contribution >= 4 is 72.5 Å². The van der Waals surface area contributed by atoms with Crippen molar-refractivity contribution in [2.75, 3.05) is 0 Å². The minimum absolute atomic E-state index is 0.0845. The molecular formula is C32H23BrIN3O. The second kappa shape index (κ2) is 10.3. The quantitative estimate of drug-likeness (QED) is 0.173. The van der Waals surface area contributed by atoms with Crippen LogP contribution in [0.15, 0.2) is 106 Å². The molecule has 0 saturated heterocycles. The molecule has 6 aromatic rings. The second-order valence-corrected chi connectivity index (χ2v) is 11.3. The average Bonchev–Trinajstić information content (AvgIpc) is 3.19. The van der Waals surface area contributed by atoms with Crippen LogP contribution in [0.3, 0.4) is 0 Å². The topological polar surface area (TPSA) is 39.8 Å². The van der Waals surface area contributed by atoms with Gasteiger partial charge < -0.3 is 4.57 Å². The Bertz CT molecular complexity index is 1890. The van der Waals surface area contributed by atoms with E-state index in [9.17, 15) is 4.79 Å². The van der Waals surface area contributed by atoms with E-state index < -0.39 is 0 Å². The lowest BCUT2D eigenvalue weighted by Gasteiger charge is -2.12. The predicted octanol–water partition coefficient (Wildman–Crippen LogP) is 8.23. The number of para-hydroxylation sites is 1. The molecule has 0 N–H and O–H groups in total. The van der Waals surface area contributed by atoms with Crippen LogP contribution in [-0.4, -0.2) is 14.1 Å². The molecule has 0 bridgehead atoms. The molecule has 2 aromatic heterocycles. The molecule has 0 unspecified atom stereocenters. The van der Waals surface area contributed by atoms with Crippen LogP contribution in [0.4, 0.5) is 0 Å². The summed E-state index contributed by atoms with van der Waals surface area (Å²) in [6.07, 6.45) is 4.05. The predicted molar refractivity (Wildman–Crippen MR) is 169 cm³/mol. The molecule has 0 radical (unpaired) electrons. The van der Waals surface area contributed by atoms with E-state index in [4.69, 9.17) is 4.98 Å². The molecule has 0 aliphatic carbocycles. The molecule has 0 atom stereocenters. The third kappa shape index (κ3) is 4.63. The van der Waals surface area contributed by atoms with Gasteiger partial charge in [-0.1, -0.05) is 64.5 Å². The Morgan fingerprint density at radius 3 is 2.39 bits per heavy atom. The SMILES string of the molecule is Cc1c(/C=C/c2nc3ccc(I)cc3c(=O)n2-c2ccc(Br)cc2)c2ccccc2n1Cc1ccccc1. The molecule has 6 rings (SSSR count). The summed E-state index contributed by atoms with van der Waals surface area (Å²) in [6, 6.07) is 32.5. The summed E-state index contributed by atoms with van der Waals surface area (Å²) in [4.78, 5) is 18.7. The molecular weight excluding hydrogens is 649 g/mol. The van der Waals surface area contributed by atoms with Gasteiger partial charge in [-0.25, -0.2) is 4.98 Å². The van der Waals surface area contributed by atoms with Gasteiger partial charge in [-0.2, -0.15) is 0 Å². The Balaban J connectivity index is 1.53. The number of halogens is 2. The molecule has 0 amide bonds. The third-order valence-corrected chi connectivity index (χ3v) is 8.00. The van der Waals surface area contributed by atoms with Gasteiger partial charge in [0.05, 0.1) is 16.6 Å². The molecule has 0 saturated carbocycles. The van der Waals surface area contributed by atoms with Crippen LogP contribution in [-0.2, 0) is 6.54 Å². The molecule has 4 aromatic carbocycles. The van der Waals surface area contributed by atoms with Crippen molar-refractivity contribution in [3.63, 3.8) is 0 Å². The maximum absolute atomic E-state index is 13.8. The Morgan fingerprint density at radius 2 is 1.61 bits per heavy atom. The largest absolute Gasteiger partial charge is 0.340 e. The van der Waals surface area contributed by atoms with E-state index in [2.05, 4.69) is 105 Å². The van der Waals surface area contributed by atoms with E-state index in [1.165, 1.54) is 22.2 Å². The summed E-state index contributed by atoms with van der Waals surface area (Å²) >= 11 is 5.73. The minimum Gasteiger partial charge on any atom is -0.340 e. The third-order valence-electron chi connectivity index (χ3n) is 6.80. The van der Waals surface area contributed by atoms with Crippen molar-refractivity contribution in [3.8, 4) is 5.69 Å². The molecule has 0 spiro atoms. The maximum atomic E-state index is 13.8. The van der Waals surface area contributed by atoms with Crippen LogP contribution in [0.1, 0.15) is 22.6 Å². The van der Waals surface area contributed by atoms with E-state index in [0.717, 1.165) is 25.8 Å². The Hall–Kier alpha value is -3.49. The number of hydrogen-bond acceptors (Lipinski definition) is 2. The zero-order valence-electron chi connectivity index (χ0n) is 20.6. The number of nitrogens with zero attached hydrogens (tertiary/aromatic N) is 3. The molecule has 0 aliphatic rings. The van der Waals surface area contributed by atoms with E-state index in [-0.39, 0.29) is 5.56 Å². The zero-order chi connectivity index (χ0) is 26.2. The zero-order valence-corrected chi connectivity index (χ0v) is 24.3. The molecule has 186 valence electrons. The maximum Gasteiger partial charge on any atom is 0.266 e. The number of benzene rings is 4. The number of fused-ring (bicyclic) bond motifs is 2. The van der Waals surface area contributed by atoms with Crippen molar-refractivity contribution < 1.29 is 0 Å². The van der Waals surface area contributed by atoms with Crippen LogP contribution in [0.25, 0.3) is 39.6 Å². The highest BCUT2D eigenvalue weighted by molar-refractivity contribution is 14.1. The van der Waals surface area contributed by atoms with Crippen molar-refractivity contribution in [2.45, 2.75) is 13.5 Å². The summed E-state index contributed by atoms with van der Waals surface area (Å²) in [6.45, 7) is 2.94. The van der Waals surface area contributed by atoms with E-state index in [0.29, 0.717) is 16.7 Å². The first-order chi connectivity index (χ1) is 18.5. The fraction of sp³-hybridized carbons (Fsp3) is 0.0625. The van der Waals surface area contributed by atoms with Crippen LogP contribution < -0.4 is 5.56 Å². The lowest BCUT2D eigenvalue weighted by molar-refractivity contribution is 0.804. The Labute approximate surface area is 242 Å². The number of aromatic nitrogens is 3. The van der Waals surface area contributed by atoms with E-state index in [1.807, 2.05) is 54.6 Å². The number of rotatable bonds is 5. The van der Waals surface area contributed by atoms with Crippen molar-refractivity contribution in [1.82, 2.24) is 14.1 Å².